The number of nitrogens with zero attached hydrogens (tertiary/aromatic N) is 1. The minimum Gasteiger partial charge on any atom is -0.459 e. The molecule has 1 N–H and O–H groups in total. The van der Waals surface area contributed by atoms with Gasteiger partial charge in [-0.3, -0.25) is 4.79 Å². The Morgan fingerprint density at radius 1 is 1.20 bits per heavy atom. The topological polar surface area (TPSA) is 55.1 Å². The van der Waals surface area contributed by atoms with E-state index in [1.165, 1.54) is 0 Å². The van der Waals surface area contributed by atoms with Crippen molar-refractivity contribution in [2.24, 2.45) is 0 Å². The SMILES string of the molecule is CC(NC(=O)CCc1nc2ccccc2s1)c1cc2ccccc2o1. The Labute approximate surface area is 149 Å². The minimum absolute atomic E-state index is 0.00668. The third-order valence-electron chi connectivity index (χ3n) is 4.15. The van der Waals surface area contributed by atoms with Gasteiger partial charge < -0.3 is 9.73 Å². The summed E-state index contributed by atoms with van der Waals surface area (Å²) in [6.07, 6.45) is 1.07. The summed E-state index contributed by atoms with van der Waals surface area (Å²) in [6, 6.07) is 17.7. The normalized spacial score (nSPS) is 12.5. The van der Waals surface area contributed by atoms with Crippen molar-refractivity contribution >= 4 is 38.4 Å². The first kappa shape index (κ1) is 15.8. The second kappa shape index (κ2) is 6.69. The molecule has 2 aromatic heterocycles. The Balaban J connectivity index is 1.37. The highest BCUT2D eigenvalue weighted by atomic mass is 32.1. The van der Waals surface area contributed by atoms with Crippen LogP contribution < -0.4 is 5.32 Å². The Hall–Kier alpha value is -2.66. The summed E-state index contributed by atoms with van der Waals surface area (Å²) in [5.74, 6) is 0.779. The van der Waals surface area contributed by atoms with Gasteiger partial charge in [0.25, 0.3) is 0 Å². The van der Waals surface area contributed by atoms with Crippen LogP contribution in [0.25, 0.3) is 21.2 Å². The van der Waals surface area contributed by atoms with Gasteiger partial charge in [-0.25, -0.2) is 4.98 Å². The number of carbonyl (C=O) groups excluding carboxylic acids is 1. The Kier molecular flexibility index (Phi) is 4.24. The third kappa shape index (κ3) is 3.42. The summed E-state index contributed by atoms with van der Waals surface area (Å²) in [4.78, 5) is 16.8. The van der Waals surface area contributed by atoms with Crippen LogP contribution in [0.15, 0.2) is 59.0 Å². The van der Waals surface area contributed by atoms with E-state index in [4.69, 9.17) is 4.42 Å². The van der Waals surface area contributed by atoms with Crippen molar-refractivity contribution in [1.82, 2.24) is 10.3 Å². The predicted octanol–water partition coefficient (Wildman–Crippen LogP) is 4.85. The highest BCUT2D eigenvalue weighted by molar-refractivity contribution is 7.18. The van der Waals surface area contributed by atoms with Gasteiger partial charge in [-0.1, -0.05) is 30.3 Å². The van der Waals surface area contributed by atoms with Crippen molar-refractivity contribution in [3.8, 4) is 0 Å². The van der Waals surface area contributed by atoms with Crippen LogP contribution in [0.2, 0.25) is 0 Å². The first-order valence-electron chi connectivity index (χ1n) is 8.31. The molecule has 1 atom stereocenters. The molecule has 5 heteroatoms. The van der Waals surface area contributed by atoms with Crippen LogP contribution in [0.5, 0.6) is 0 Å². The number of fused-ring (bicyclic) bond motifs is 2. The van der Waals surface area contributed by atoms with Gasteiger partial charge in [0.2, 0.25) is 5.91 Å². The average molecular weight is 350 g/mol. The van der Waals surface area contributed by atoms with Gasteiger partial charge in [0.1, 0.15) is 11.3 Å². The molecule has 4 rings (SSSR count). The van der Waals surface area contributed by atoms with Crippen molar-refractivity contribution in [2.75, 3.05) is 0 Å². The predicted molar refractivity (Wildman–Crippen MR) is 101 cm³/mol. The van der Waals surface area contributed by atoms with Crippen LogP contribution in [0.1, 0.15) is 30.2 Å². The molecule has 4 nitrogen and oxygen atoms in total. The van der Waals surface area contributed by atoms with Gasteiger partial charge in [0.05, 0.1) is 21.3 Å². The van der Waals surface area contributed by atoms with Gasteiger partial charge in [-0.2, -0.15) is 0 Å². The first-order valence-corrected chi connectivity index (χ1v) is 9.13. The highest BCUT2D eigenvalue weighted by Crippen LogP contribution is 2.24. The molecule has 0 aliphatic carbocycles. The lowest BCUT2D eigenvalue weighted by Crippen LogP contribution is -2.26. The lowest BCUT2D eigenvalue weighted by Gasteiger charge is -2.10. The Bertz CT molecular complexity index is 968. The van der Waals surface area contributed by atoms with E-state index in [2.05, 4.69) is 16.4 Å². The number of rotatable bonds is 5. The fraction of sp³-hybridized carbons (Fsp3) is 0.200. The van der Waals surface area contributed by atoms with Crippen molar-refractivity contribution in [1.29, 1.82) is 0 Å². The molecule has 4 aromatic rings. The molecule has 0 fully saturated rings. The number of nitrogens with one attached hydrogen (secondary N) is 1. The third-order valence-corrected chi connectivity index (χ3v) is 5.25. The Morgan fingerprint density at radius 3 is 2.84 bits per heavy atom. The van der Waals surface area contributed by atoms with Gasteiger partial charge in [-0.15, -0.1) is 11.3 Å². The van der Waals surface area contributed by atoms with E-state index >= 15 is 0 Å². The summed E-state index contributed by atoms with van der Waals surface area (Å²) in [5, 5.41) is 5.05. The standard InChI is InChI=1S/C20H18N2O2S/c1-13(17-12-14-6-2-4-8-16(14)24-17)21-19(23)10-11-20-22-15-7-3-5-9-18(15)25-20/h2-9,12-13H,10-11H2,1H3,(H,21,23). The van der Waals surface area contributed by atoms with E-state index in [9.17, 15) is 4.79 Å². The fourth-order valence-electron chi connectivity index (χ4n) is 2.85. The van der Waals surface area contributed by atoms with Crippen molar-refractivity contribution < 1.29 is 9.21 Å². The van der Waals surface area contributed by atoms with Crippen LogP contribution in [0.4, 0.5) is 0 Å². The molecular weight excluding hydrogens is 332 g/mol. The van der Waals surface area contributed by atoms with E-state index in [1.807, 2.05) is 55.5 Å². The van der Waals surface area contributed by atoms with E-state index in [1.54, 1.807) is 11.3 Å². The molecule has 0 radical (unpaired) electrons. The number of benzene rings is 2. The quantitative estimate of drug-likeness (QED) is 0.560. The smallest absolute Gasteiger partial charge is 0.220 e. The van der Waals surface area contributed by atoms with Gasteiger partial charge >= 0.3 is 0 Å². The molecule has 0 aliphatic rings. The number of amides is 1. The summed E-state index contributed by atoms with van der Waals surface area (Å²) in [5.41, 5.74) is 1.84. The highest BCUT2D eigenvalue weighted by Gasteiger charge is 2.14. The van der Waals surface area contributed by atoms with Crippen LogP contribution in [-0.2, 0) is 11.2 Å². The molecular formula is C20H18N2O2S. The number of para-hydroxylation sites is 2. The van der Waals surface area contributed by atoms with E-state index < -0.39 is 0 Å². The molecule has 0 saturated carbocycles. The van der Waals surface area contributed by atoms with E-state index in [-0.39, 0.29) is 11.9 Å². The second-order valence-electron chi connectivity index (χ2n) is 6.05. The number of furan rings is 1. The zero-order valence-electron chi connectivity index (χ0n) is 13.9. The molecule has 0 spiro atoms. The minimum atomic E-state index is -0.157. The van der Waals surface area contributed by atoms with Crippen molar-refractivity contribution in [2.45, 2.75) is 25.8 Å². The molecule has 1 unspecified atom stereocenters. The first-order chi connectivity index (χ1) is 12.2. The van der Waals surface area contributed by atoms with Gasteiger partial charge in [0, 0.05) is 18.2 Å². The molecule has 2 aromatic carbocycles. The Morgan fingerprint density at radius 2 is 2.00 bits per heavy atom. The second-order valence-corrected chi connectivity index (χ2v) is 7.17. The summed E-state index contributed by atoms with van der Waals surface area (Å²) in [6.45, 7) is 1.94. The van der Waals surface area contributed by atoms with Crippen LogP contribution in [0, 0.1) is 0 Å². The molecule has 0 bridgehead atoms. The molecule has 1 amide bonds. The lowest BCUT2D eigenvalue weighted by molar-refractivity contribution is -0.121. The summed E-state index contributed by atoms with van der Waals surface area (Å²) in [7, 11) is 0. The number of hydrogen-bond donors (Lipinski definition) is 1. The van der Waals surface area contributed by atoms with Crippen molar-refractivity contribution in [3.63, 3.8) is 0 Å². The van der Waals surface area contributed by atoms with Crippen molar-refractivity contribution in [3.05, 3.63) is 65.4 Å². The van der Waals surface area contributed by atoms with Gasteiger partial charge in [-0.05, 0) is 31.2 Å². The summed E-state index contributed by atoms with van der Waals surface area (Å²) >= 11 is 1.65. The number of aromatic nitrogens is 1. The van der Waals surface area contributed by atoms with Crippen LogP contribution >= 0.6 is 11.3 Å². The maximum Gasteiger partial charge on any atom is 0.220 e. The molecule has 2 heterocycles. The molecule has 0 aliphatic heterocycles. The van der Waals surface area contributed by atoms with Gasteiger partial charge in [0.15, 0.2) is 0 Å². The maximum atomic E-state index is 12.3. The summed E-state index contributed by atoms with van der Waals surface area (Å²) < 4.78 is 6.97. The number of aryl methyl sites for hydroxylation is 1. The average Bonchev–Trinajstić information content (AvgIpc) is 3.23. The number of thiazole rings is 1. The van der Waals surface area contributed by atoms with Crippen LogP contribution in [0.3, 0.4) is 0 Å². The number of carbonyl (C=O) groups is 1. The fourth-order valence-corrected chi connectivity index (χ4v) is 3.81. The lowest BCUT2D eigenvalue weighted by atomic mass is 10.2. The number of hydrogen-bond acceptors (Lipinski definition) is 4. The largest absolute Gasteiger partial charge is 0.459 e. The molecule has 126 valence electrons. The zero-order chi connectivity index (χ0) is 17.2. The zero-order valence-corrected chi connectivity index (χ0v) is 14.7. The van der Waals surface area contributed by atoms with E-state index in [0.717, 1.165) is 32.0 Å². The maximum absolute atomic E-state index is 12.3. The van der Waals surface area contributed by atoms with E-state index in [0.29, 0.717) is 12.8 Å². The molecule has 0 saturated heterocycles. The van der Waals surface area contributed by atoms with Crippen LogP contribution in [-0.4, -0.2) is 10.9 Å². The monoisotopic (exact) mass is 350 g/mol. The molecule has 25 heavy (non-hydrogen) atoms.